The van der Waals surface area contributed by atoms with Gasteiger partial charge in [0, 0.05) is 0 Å². The van der Waals surface area contributed by atoms with Crippen LogP contribution in [0.5, 0.6) is 5.75 Å². The van der Waals surface area contributed by atoms with Crippen molar-refractivity contribution in [3.05, 3.63) is 71.8 Å². The highest BCUT2D eigenvalue weighted by atomic mass is 16.5. The number of aromatic nitrogens is 3. The monoisotopic (exact) mass is 364 g/mol. The molecule has 1 heterocycles. The van der Waals surface area contributed by atoms with E-state index in [0.717, 1.165) is 22.6 Å². The average Bonchev–Trinajstić information content (AvgIpc) is 3.18. The molecule has 0 radical (unpaired) electrons. The normalized spacial score (nSPS) is 11.8. The Labute approximate surface area is 159 Å². The van der Waals surface area contributed by atoms with E-state index < -0.39 is 0 Å². The topological polar surface area (TPSA) is 69.0 Å². The molecule has 0 aliphatic rings. The van der Waals surface area contributed by atoms with Gasteiger partial charge >= 0.3 is 0 Å². The molecule has 1 unspecified atom stereocenters. The van der Waals surface area contributed by atoms with Crippen molar-refractivity contribution in [2.45, 2.75) is 33.2 Å². The summed E-state index contributed by atoms with van der Waals surface area (Å²) in [5, 5.41) is 7.11. The molecule has 27 heavy (non-hydrogen) atoms. The smallest absolute Gasteiger partial charge is 0.223 e. The van der Waals surface area contributed by atoms with Crippen LogP contribution < -0.4 is 10.1 Å². The molecule has 3 aromatic rings. The Bertz CT molecular complexity index is 889. The number of hydrogen-bond donors (Lipinski definition) is 1. The van der Waals surface area contributed by atoms with Crippen LogP contribution in [0, 0.1) is 13.8 Å². The molecule has 1 N–H and O–H groups in total. The fourth-order valence-electron chi connectivity index (χ4n) is 2.87. The predicted molar refractivity (Wildman–Crippen MR) is 104 cm³/mol. The summed E-state index contributed by atoms with van der Waals surface area (Å²) in [6.07, 6.45) is 3.46. The molecule has 0 saturated carbocycles. The number of nitrogens with one attached hydrogen (secondary N) is 1. The van der Waals surface area contributed by atoms with E-state index in [1.54, 1.807) is 11.0 Å². The molecular formula is C21H24N4O2. The second-order valence-corrected chi connectivity index (χ2v) is 6.59. The lowest BCUT2D eigenvalue weighted by Crippen LogP contribution is -2.27. The number of benzene rings is 2. The average molecular weight is 364 g/mol. The Morgan fingerprint density at radius 3 is 2.63 bits per heavy atom. The molecule has 6 heteroatoms. The number of carbonyl (C=O) groups is 1. The zero-order valence-electron chi connectivity index (χ0n) is 15.8. The first-order valence-corrected chi connectivity index (χ1v) is 8.97. The van der Waals surface area contributed by atoms with Gasteiger partial charge in [0.25, 0.3) is 0 Å². The summed E-state index contributed by atoms with van der Waals surface area (Å²) in [6.45, 7) is 6.37. The zero-order chi connectivity index (χ0) is 19.2. The number of amides is 1. The Balaban J connectivity index is 1.48. The van der Waals surface area contributed by atoms with Crippen molar-refractivity contribution in [1.82, 2.24) is 20.1 Å². The first-order valence-electron chi connectivity index (χ1n) is 8.97. The maximum atomic E-state index is 12.2. The molecule has 0 saturated heterocycles. The van der Waals surface area contributed by atoms with Crippen LogP contribution in [-0.2, 0) is 4.79 Å². The Morgan fingerprint density at radius 1 is 1.19 bits per heavy atom. The SMILES string of the molecule is Cc1ccc(OCCC(=O)NC(C)c2ccc(-n3cncn3)cc2)c(C)c1. The van der Waals surface area contributed by atoms with Crippen molar-refractivity contribution >= 4 is 5.91 Å². The Morgan fingerprint density at radius 2 is 1.96 bits per heavy atom. The summed E-state index contributed by atoms with van der Waals surface area (Å²) in [7, 11) is 0. The van der Waals surface area contributed by atoms with E-state index >= 15 is 0 Å². The molecule has 0 spiro atoms. The molecule has 1 aromatic heterocycles. The second-order valence-electron chi connectivity index (χ2n) is 6.59. The van der Waals surface area contributed by atoms with Crippen LogP contribution in [0.1, 0.15) is 36.1 Å². The second kappa shape index (κ2) is 8.49. The third-order valence-electron chi connectivity index (χ3n) is 4.37. The number of nitrogens with zero attached hydrogens (tertiary/aromatic N) is 3. The van der Waals surface area contributed by atoms with Crippen LogP contribution in [0.3, 0.4) is 0 Å². The number of rotatable bonds is 7. The third-order valence-corrected chi connectivity index (χ3v) is 4.37. The minimum absolute atomic E-state index is 0.0346. The molecule has 1 atom stereocenters. The van der Waals surface area contributed by atoms with Gasteiger partial charge in [-0.15, -0.1) is 0 Å². The van der Waals surface area contributed by atoms with E-state index in [-0.39, 0.29) is 11.9 Å². The lowest BCUT2D eigenvalue weighted by atomic mass is 10.1. The van der Waals surface area contributed by atoms with Gasteiger partial charge in [-0.3, -0.25) is 4.79 Å². The van der Waals surface area contributed by atoms with Crippen LogP contribution in [-0.4, -0.2) is 27.3 Å². The Kier molecular flexibility index (Phi) is 5.86. The molecule has 3 rings (SSSR count). The highest BCUT2D eigenvalue weighted by Crippen LogP contribution is 2.19. The van der Waals surface area contributed by atoms with Crippen LogP contribution in [0.15, 0.2) is 55.1 Å². The molecule has 2 aromatic carbocycles. The van der Waals surface area contributed by atoms with Gasteiger partial charge in [-0.05, 0) is 50.1 Å². The molecular weight excluding hydrogens is 340 g/mol. The van der Waals surface area contributed by atoms with Crippen LogP contribution in [0.2, 0.25) is 0 Å². The lowest BCUT2D eigenvalue weighted by Gasteiger charge is -2.15. The summed E-state index contributed by atoms with van der Waals surface area (Å²) in [6, 6.07) is 13.8. The van der Waals surface area contributed by atoms with Crippen LogP contribution >= 0.6 is 0 Å². The summed E-state index contributed by atoms with van der Waals surface area (Å²) < 4.78 is 7.42. The molecule has 0 bridgehead atoms. The molecule has 0 aliphatic carbocycles. The van der Waals surface area contributed by atoms with Gasteiger partial charge < -0.3 is 10.1 Å². The largest absolute Gasteiger partial charge is 0.493 e. The molecule has 0 aliphatic heterocycles. The van der Waals surface area contributed by atoms with Gasteiger partial charge in [0.15, 0.2) is 0 Å². The minimum Gasteiger partial charge on any atom is -0.493 e. The van der Waals surface area contributed by atoms with E-state index in [2.05, 4.69) is 21.5 Å². The number of ether oxygens (including phenoxy) is 1. The Hall–Kier alpha value is -3.15. The van der Waals surface area contributed by atoms with Crippen LogP contribution in [0.4, 0.5) is 0 Å². The van der Waals surface area contributed by atoms with E-state index in [9.17, 15) is 4.79 Å². The summed E-state index contributed by atoms with van der Waals surface area (Å²) in [4.78, 5) is 16.1. The molecule has 0 fully saturated rings. The number of aryl methyl sites for hydroxylation is 2. The number of hydrogen-bond acceptors (Lipinski definition) is 4. The number of carbonyl (C=O) groups excluding carboxylic acids is 1. The van der Waals surface area contributed by atoms with Crippen LogP contribution in [0.25, 0.3) is 5.69 Å². The fraction of sp³-hybridized carbons (Fsp3) is 0.286. The van der Waals surface area contributed by atoms with Crippen molar-refractivity contribution < 1.29 is 9.53 Å². The maximum Gasteiger partial charge on any atom is 0.223 e. The van der Waals surface area contributed by atoms with E-state index in [4.69, 9.17) is 4.74 Å². The van der Waals surface area contributed by atoms with Gasteiger partial charge in [-0.2, -0.15) is 5.10 Å². The van der Waals surface area contributed by atoms with Gasteiger partial charge in [-0.25, -0.2) is 9.67 Å². The van der Waals surface area contributed by atoms with E-state index in [1.807, 2.05) is 57.2 Å². The van der Waals surface area contributed by atoms with Crippen molar-refractivity contribution in [2.75, 3.05) is 6.61 Å². The fourth-order valence-corrected chi connectivity index (χ4v) is 2.87. The van der Waals surface area contributed by atoms with Gasteiger partial charge in [0.05, 0.1) is 24.8 Å². The zero-order valence-corrected chi connectivity index (χ0v) is 15.8. The van der Waals surface area contributed by atoms with E-state index in [1.165, 1.54) is 11.9 Å². The van der Waals surface area contributed by atoms with Gasteiger partial charge in [0.2, 0.25) is 5.91 Å². The van der Waals surface area contributed by atoms with E-state index in [0.29, 0.717) is 13.0 Å². The maximum absolute atomic E-state index is 12.2. The minimum atomic E-state index is -0.0802. The van der Waals surface area contributed by atoms with Crippen molar-refractivity contribution in [3.63, 3.8) is 0 Å². The standard InChI is InChI=1S/C21H24N4O2/c1-15-4-9-20(16(2)12-15)27-11-10-21(26)24-17(3)18-5-7-19(8-6-18)25-14-22-13-23-25/h4-9,12-14,17H,10-11H2,1-3H3,(H,24,26). The van der Waals surface area contributed by atoms with Crippen molar-refractivity contribution in [2.24, 2.45) is 0 Å². The first kappa shape index (κ1) is 18.6. The highest BCUT2D eigenvalue weighted by Gasteiger charge is 2.10. The van der Waals surface area contributed by atoms with Gasteiger partial charge in [-0.1, -0.05) is 29.8 Å². The molecule has 1 amide bonds. The highest BCUT2D eigenvalue weighted by molar-refractivity contribution is 5.76. The summed E-state index contributed by atoms with van der Waals surface area (Å²) in [5.41, 5.74) is 4.23. The summed E-state index contributed by atoms with van der Waals surface area (Å²) in [5.74, 6) is 0.790. The lowest BCUT2D eigenvalue weighted by molar-refractivity contribution is -0.122. The van der Waals surface area contributed by atoms with Crippen molar-refractivity contribution in [3.8, 4) is 11.4 Å². The molecule has 6 nitrogen and oxygen atoms in total. The first-order chi connectivity index (χ1) is 13.0. The summed E-state index contributed by atoms with van der Waals surface area (Å²) >= 11 is 0. The van der Waals surface area contributed by atoms with Crippen molar-refractivity contribution in [1.29, 1.82) is 0 Å². The van der Waals surface area contributed by atoms with Gasteiger partial charge in [0.1, 0.15) is 18.4 Å². The predicted octanol–water partition coefficient (Wildman–Crippen LogP) is 3.53. The molecule has 140 valence electrons. The quantitative estimate of drug-likeness (QED) is 0.696. The third kappa shape index (κ3) is 4.94.